The highest BCUT2D eigenvalue weighted by Crippen LogP contribution is 2.33. The maximum atomic E-state index is 12.5. The summed E-state index contributed by atoms with van der Waals surface area (Å²) in [6, 6.07) is 20.0. The number of rotatable bonds is 6. The van der Waals surface area contributed by atoms with E-state index in [4.69, 9.17) is 4.74 Å². The van der Waals surface area contributed by atoms with Crippen molar-refractivity contribution in [3.05, 3.63) is 72.4 Å². The first-order valence-electron chi connectivity index (χ1n) is 9.96. The Bertz CT molecular complexity index is 1000. The molecule has 2 aliphatic rings. The smallest absolute Gasteiger partial charge is 0.416 e. The molecule has 29 heavy (non-hydrogen) atoms. The van der Waals surface area contributed by atoms with E-state index in [2.05, 4.69) is 51.7 Å². The molecule has 1 aromatic heterocycles. The van der Waals surface area contributed by atoms with Crippen LogP contribution in [0.15, 0.2) is 66.9 Å². The molecule has 2 aromatic carbocycles. The van der Waals surface area contributed by atoms with Crippen LogP contribution in [0.4, 0.5) is 16.6 Å². The van der Waals surface area contributed by atoms with E-state index in [1.807, 2.05) is 18.2 Å². The maximum absolute atomic E-state index is 12.5. The minimum absolute atomic E-state index is 0.210. The summed E-state index contributed by atoms with van der Waals surface area (Å²) in [6.45, 7) is 1.18. The first kappa shape index (κ1) is 17.7. The van der Waals surface area contributed by atoms with Crippen molar-refractivity contribution in [2.24, 2.45) is 5.92 Å². The molecular weight excluding hydrogens is 364 g/mol. The lowest BCUT2D eigenvalue weighted by Gasteiger charge is -2.21. The Hall–Kier alpha value is -3.41. The van der Waals surface area contributed by atoms with Gasteiger partial charge < -0.3 is 10.1 Å². The number of aromatic nitrogens is 2. The number of carbonyl (C=O) groups is 1. The number of nitrogens with one attached hydrogen (secondary N) is 1. The van der Waals surface area contributed by atoms with E-state index < -0.39 is 0 Å². The predicted octanol–water partition coefficient (Wildman–Crippen LogP) is 4.66. The summed E-state index contributed by atoms with van der Waals surface area (Å²) in [5.41, 5.74) is 3.32. The lowest BCUT2D eigenvalue weighted by Crippen LogP contribution is -2.28. The van der Waals surface area contributed by atoms with Crippen molar-refractivity contribution < 1.29 is 9.53 Å². The molecular formula is C23H22N4O2. The summed E-state index contributed by atoms with van der Waals surface area (Å²) >= 11 is 0. The minimum Gasteiger partial charge on any atom is -0.447 e. The van der Waals surface area contributed by atoms with Crippen LogP contribution in [-0.4, -0.2) is 29.2 Å². The molecule has 0 bridgehead atoms. The third-order valence-corrected chi connectivity index (χ3v) is 5.41. The fraction of sp³-hybridized carbons (Fsp3) is 0.261. The van der Waals surface area contributed by atoms with E-state index in [-0.39, 0.29) is 12.1 Å². The van der Waals surface area contributed by atoms with Crippen molar-refractivity contribution in [1.82, 2.24) is 9.97 Å². The van der Waals surface area contributed by atoms with Gasteiger partial charge in [0.15, 0.2) is 0 Å². The van der Waals surface area contributed by atoms with Gasteiger partial charge in [-0.3, -0.25) is 4.90 Å². The van der Waals surface area contributed by atoms with Crippen LogP contribution in [0.2, 0.25) is 0 Å². The van der Waals surface area contributed by atoms with Crippen LogP contribution in [0.1, 0.15) is 24.4 Å². The Labute approximate surface area is 169 Å². The SMILES string of the molecule is O=C1OC[C@H](c2ccc(-c3ccccc3)cc2)N1c1ccnc(NCC2CC2)n1. The number of anilines is 2. The molecule has 0 spiro atoms. The van der Waals surface area contributed by atoms with Crippen molar-refractivity contribution in [1.29, 1.82) is 0 Å². The van der Waals surface area contributed by atoms with Crippen molar-refractivity contribution in [3.63, 3.8) is 0 Å². The van der Waals surface area contributed by atoms with Crippen LogP contribution in [0, 0.1) is 5.92 Å². The summed E-state index contributed by atoms with van der Waals surface area (Å²) in [5.74, 6) is 1.82. The highest BCUT2D eigenvalue weighted by atomic mass is 16.6. The standard InChI is InChI=1S/C23H22N4O2/c28-23-27(21-12-13-24-22(26-21)25-14-16-6-7-16)20(15-29-23)19-10-8-18(9-11-19)17-4-2-1-3-5-17/h1-5,8-13,16,20H,6-7,14-15H2,(H,24,25,26)/t20-/m1/s1. The molecule has 1 aliphatic heterocycles. The number of benzene rings is 2. The molecule has 3 aromatic rings. The van der Waals surface area contributed by atoms with Gasteiger partial charge in [0.1, 0.15) is 18.5 Å². The minimum atomic E-state index is -0.381. The number of cyclic esters (lactones) is 1. The van der Waals surface area contributed by atoms with E-state index in [9.17, 15) is 4.79 Å². The molecule has 2 fully saturated rings. The Balaban J connectivity index is 1.38. The van der Waals surface area contributed by atoms with Gasteiger partial charge in [-0.05, 0) is 41.5 Å². The molecule has 1 atom stereocenters. The lowest BCUT2D eigenvalue weighted by molar-refractivity contribution is 0.179. The fourth-order valence-corrected chi connectivity index (χ4v) is 3.57. The Morgan fingerprint density at radius 3 is 2.52 bits per heavy atom. The van der Waals surface area contributed by atoms with Gasteiger partial charge in [0.2, 0.25) is 5.95 Å². The van der Waals surface area contributed by atoms with E-state index in [0.29, 0.717) is 18.4 Å². The summed E-state index contributed by atoms with van der Waals surface area (Å²) in [7, 11) is 0. The molecule has 2 heterocycles. The number of carbonyl (C=O) groups excluding carboxylic acids is 1. The van der Waals surface area contributed by atoms with E-state index in [1.54, 1.807) is 17.2 Å². The molecule has 146 valence electrons. The molecule has 6 nitrogen and oxygen atoms in total. The van der Waals surface area contributed by atoms with Crippen LogP contribution in [0.25, 0.3) is 11.1 Å². The first-order valence-corrected chi connectivity index (χ1v) is 9.96. The fourth-order valence-electron chi connectivity index (χ4n) is 3.57. The topological polar surface area (TPSA) is 67.3 Å². The van der Waals surface area contributed by atoms with Crippen molar-refractivity contribution in [2.75, 3.05) is 23.4 Å². The number of hydrogen-bond acceptors (Lipinski definition) is 5. The second kappa shape index (κ2) is 7.54. The van der Waals surface area contributed by atoms with Crippen LogP contribution in [0.3, 0.4) is 0 Å². The zero-order chi connectivity index (χ0) is 19.6. The van der Waals surface area contributed by atoms with Gasteiger partial charge in [-0.15, -0.1) is 0 Å². The average Bonchev–Trinajstić information content (AvgIpc) is 3.53. The van der Waals surface area contributed by atoms with Gasteiger partial charge >= 0.3 is 6.09 Å². The molecule has 0 unspecified atom stereocenters. The molecule has 1 saturated heterocycles. The predicted molar refractivity (Wildman–Crippen MR) is 112 cm³/mol. The molecule has 5 rings (SSSR count). The summed E-state index contributed by atoms with van der Waals surface area (Å²) in [5, 5.41) is 3.26. The van der Waals surface area contributed by atoms with Crippen LogP contribution in [0.5, 0.6) is 0 Å². The van der Waals surface area contributed by atoms with Gasteiger partial charge in [0.25, 0.3) is 0 Å². The van der Waals surface area contributed by atoms with E-state index in [0.717, 1.165) is 29.2 Å². The summed E-state index contributed by atoms with van der Waals surface area (Å²) in [6.07, 6.45) is 3.81. The van der Waals surface area contributed by atoms with Crippen molar-refractivity contribution >= 4 is 17.9 Å². The molecule has 1 N–H and O–H groups in total. The Morgan fingerprint density at radius 1 is 1.00 bits per heavy atom. The van der Waals surface area contributed by atoms with Gasteiger partial charge in [0.05, 0.1) is 0 Å². The number of ether oxygens (including phenoxy) is 1. The van der Waals surface area contributed by atoms with E-state index >= 15 is 0 Å². The number of amides is 1. The van der Waals surface area contributed by atoms with Crippen LogP contribution in [-0.2, 0) is 4.74 Å². The summed E-state index contributed by atoms with van der Waals surface area (Å²) in [4.78, 5) is 22.9. The normalized spacial score (nSPS) is 18.6. The second-order valence-electron chi connectivity index (χ2n) is 7.51. The highest BCUT2D eigenvalue weighted by Gasteiger charge is 2.36. The Morgan fingerprint density at radius 2 is 1.76 bits per heavy atom. The van der Waals surface area contributed by atoms with Gasteiger partial charge in [0, 0.05) is 12.7 Å². The van der Waals surface area contributed by atoms with Crippen molar-refractivity contribution in [3.8, 4) is 11.1 Å². The maximum Gasteiger partial charge on any atom is 0.416 e. The quantitative estimate of drug-likeness (QED) is 0.667. The van der Waals surface area contributed by atoms with Crippen molar-refractivity contribution in [2.45, 2.75) is 18.9 Å². The average molecular weight is 386 g/mol. The number of hydrogen-bond donors (Lipinski definition) is 1. The largest absolute Gasteiger partial charge is 0.447 e. The molecule has 0 radical (unpaired) electrons. The lowest BCUT2D eigenvalue weighted by atomic mass is 10.0. The first-order chi connectivity index (χ1) is 14.3. The van der Waals surface area contributed by atoms with Crippen LogP contribution < -0.4 is 10.2 Å². The summed E-state index contributed by atoms with van der Waals surface area (Å²) < 4.78 is 5.36. The van der Waals surface area contributed by atoms with Gasteiger partial charge in [-0.25, -0.2) is 9.78 Å². The van der Waals surface area contributed by atoms with Gasteiger partial charge in [-0.2, -0.15) is 4.98 Å². The van der Waals surface area contributed by atoms with Gasteiger partial charge in [-0.1, -0.05) is 54.6 Å². The molecule has 1 amide bonds. The zero-order valence-corrected chi connectivity index (χ0v) is 16.0. The zero-order valence-electron chi connectivity index (χ0n) is 16.0. The highest BCUT2D eigenvalue weighted by molar-refractivity contribution is 5.89. The third-order valence-electron chi connectivity index (χ3n) is 5.41. The second-order valence-corrected chi connectivity index (χ2v) is 7.51. The third kappa shape index (κ3) is 3.78. The Kier molecular flexibility index (Phi) is 4.60. The molecule has 1 aliphatic carbocycles. The molecule has 1 saturated carbocycles. The molecule has 6 heteroatoms. The van der Waals surface area contributed by atoms with Crippen LogP contribution >= 0.6 is 0 Å². The monoisotopic (exact) mass is 386 g/mol. The van der Waals surface area contributed by atoms with E-state index in [1.165, 1.54) is 12.8 Å². The number of nitrogens with zero attached hydrogens (tertiary/aromatic N) is 3.